The molecule has 0 aliphatic rings. The minimum Gasteiger partial charge on any atom is -0.394 e. The molecule has 116 valence electrons. The zero-order valence-electron chi connectivity index (χ0n) is 13.5. The Bertz CT molecular complexity index is 212. The van der Waals surface area contributed by atoms with Crippen LogP contribution in [0, 0.1) is 0 Å². The maximum Gasteiger partial charge on any atom is 0.0610 e. The van der Waals surface area contributed by atoms with E-state index in [-0.39, 0.29) is 12.1 Å². The predicted octanol–water partition coefficient (Wildman–Crippen LogP) is 1.87. The highest BCUT2D eigenvalue weighted by molar-refractivity contribution is 4.81. The number of ether oxygens (including phenoxy) is 1. The van der Waals surface area contributed by atoms with Crippen LogP contribution in [0.2, 0.25) is 0 Å². The molecular formula is C15H34N2O2. The van der Waals surface area contributed by atoms with Crippen LogP contribution in [0.3, 0.4) is 0 Å². The van der Waals surface area contributed by atoms with Gasteiger partial charge in [-0.2, -0.15) is 0 Å². The minimum absolute atomic E-state index is 0.117. The maximum atomic E-state index is 9.40. The summed E-state index contributed by atoms with van der Waals surface area (Å²) in [5.41, 5.74) is -0.117. The third-order valence-electron chi connectivity index (χ3n) is 3.40. The van der Waals surface area contributed by atoms with E-state index in [1.165, 1.54) is 6.42 Å². The van der Waals surface area contributed by atoms with Crippen LogP contribution in [0.5, 0.6) is 0 Å². The first-order chi connectivity index (χ1) is 8.93. The van der Waals surface area contributed by atoms with Crippen LogP contribution >= 0.6 is 0 Å². The zero-order valence-corrected chi connectivity index (χ0v) is 13.5. The van der Waals surface area contributed by atoms with Gasteiger partial charge in [-0.1, -0.05) is 13.3 Å². The standard InChI is InChI=1S/C15H34N2O2/c1-6-16-15(4,13-18)9-7-8-10-17(5)11-12-19-14(2)3/h14,16,18H,6-13H2,1-5H3. The van der Waals surface area contributed by atoms with E-state index in [1.54, 1.807) is 0 Å². The molecule has 0 saturated carbocycles. The highest BCUT2D eigenvalue weighted by atomic mass is 16.5. The van der Waals surface area contributed by atoms with Crippen LogP contribution in [0.4, 0.5) is 0 Å². The van der Waals surface area contributed by atoms with Gasteiger partial charge in [0.15, 0.2) is 0 Å². The fourth-order valence-electron chi connectivity index (χ4n) is 2.10. The van der Waals surface area contributed by atoms with Crippen molar-refractivity contribution in [3.63, 3.8) is 0 Å². The van der Waals surface area contributed by atoms with Crippen molar-refractivity contribution in [3.05, 3.63) is 0 Å². The first-order valence-electron chi connectivity index (χ1n) is 7.59. The summed E-state index contributed by atoms with van der Waals surface area (Å²) in [7, 11) is 2.14. The van der Waals surface area contributed by atoms with Gasteiger partial charge in [0.25, 0.3) is 0 Å². The Hall–Kier alpha value is -0.160. The summed E-state index contributed by atoms with van der Waals surface area (Å²) in [4.78, 5) is 2.31. The summed E-state index contributed by atoms with van der Waals surface area (Å²) >= 11 is 0. The molecule has 4 heteroatoms. The van der Waals surface area contributed by atoms with Crippen molar-refractivity contribution in [1.82, 2.24) is 10.2 Å². The summed E-state index contributed by atoms with van der Waals surface area (Å²) in [6.07, 6.45) is 3.64. The molecule has 0 saturated heterocycles. The molecule has 0 fully saturated rings. The van der Waals surface area contributed by atoms with Crippen molar-refractivity contribution in [2.45, 2.75) is 58.6 Å². The monoisotopic (exact) mass is 274 g/mol. The predicted molar refractivity (Wildman–Crippen MR) is 81.6 cm³/mol. The van der Waals surface area contributed by atoms with Gasteiger partial charge in [-0.15, -0.1) is 0 Å². The van der Waals surface area contributed by atoms with E-state index >= 15 is 0 Å². The number of rotatable bonds is 12. The number of nitrogens with zero attached hydrogens (tertiary/aromatic N) is 1. The van der Waals surface area contributed by atoms with E-state index in [9.17, 15) is 5.11 Å². The Kier molecular flexibility index (Phi) is 10.5. The second kappa shape index (κ2) is 10.6. The van der Waals surface area contributed by atoms with Crippen LogP contribution in [0.25, 0.3) is 0 Å². The van der Waals surface area contributed by atoms with E-state index in [4.69, 9.17) is 4.74 Å². The van der Waals surface area contributed by atoms with Crippen molar-refractivity contribution in [3.8, 4) is 0 Å². The molecule has 0 bridgehead atoms. The Labute approximate surface area is 119 Å². The summed E-state index contributed by atoms with van der Waals surface area (Å²) in [5.74, 6) is 0. The van der Waals surface area contributed by atoms with Crippen molar-refractivity contribution in [2.24, 2.45) is 0 Å². The minimum atomic E-state index is -0.117. The molecule has 0 aromatic rings. The third kappa shape index (κ3) is 10.3. The second-order valence-electron chi connectivity index (χ2n) is 5.93. The summed E-state index contributed by atoms with van der Waals surface area (Å²) in [6.45, 7) is 12.3. The first kappa shape index (κ1) is 18.8. The molecule has 0 rings (SSSR count). The normalized spacial score (nSPS) is 15.2. The number of unbranched alkanes of at least 4 members (excludes halogenated alkanes) is 1. The van der Waals surface area contributed by atoms with Gasteiger partial charge in [0.1, 0.15) is 0 Å². The molecule has 0 amide bonds. The number of hydrogen-bond acceptors (Lipinski definition) is 4. The summed E-state index contributed by atoms with van der Waals surface area (Å²) in [5, 5.41) is 12.8. The summed E-state index contributed by atoms with van der Waals surface area (Å²) in [6, 6.07) is 0. The molecule has 0 spiro atoms. The molecule has 0 aromatic carbocycles. The molecule has 0 aliphatic carbocycles. The van der Waals surface area contributed by atoms with E-state index < -0.39 is 0 Å². The Balaban J connectivity index is 3.61. The molecule has 0 aromatic heterocycles. The lowest BCUT2D eigenvalue weighted by atomic mass is 9.95. The van der Waals surface area contributed by atoms with Crippen LogP contribution in [0.15, 0.2) is 0 Å². The molecule has 4 nitrogen and oxygen atoms in total. The van der Waals surface area contributed by atoms with Gasteiger partial charge < -0.3 is 20.1 Å². The largest absolute Gasteiger partial charge is 0.394 e. The lowest BCUT2D eigenvalue weighted by molar-refractivity contribution is 0.0634. The van der Waals surface area contributed by atoms with E-state index in [0.717, 1.165) is 39.1 Å². The van der Waals surface area contributed by atoms with Gasteiger partial charge in [0, 0.05) is 12.1 Å². The van der Waals surface area contributed by atoms with Gasteiger partial charge >= 0.3 is 0 Å². The Morgan fingerprint density at radius 1 is 1.26 bits per heavy atom. The maximum absolute atomic E-state index is 9.40. The fraction of sp³-hybridized carbons (Fsp3) is 1.00. The summed E-state index contributed by atoms with van der Waals surface area (Å²) < 4.78 is 5.54. The first-order valence-corrected chi connectivity index (χ1v) is 7.59. The fourth-order valence-corrected chi connectivity index (χ4v) is 2.10. The van der Waals surface area contributed by atoms with E-state index in [2.05, 4.69) is 45.0 Å². The quantitative estimate of drug-likeness (QED) is 0.533. The molecular weight excluding hydrogens is 240 g/mol. The second-order valence-corrected chi connectivity index (χ2v) is 5.93. The molecule has 1 unspecified atom stereocenters. The van der Waals surface area contributed by atoms with Gasteiger partial charge in [-0.25, -0.2) is 0 Å². The van der Waals surface area contributed by atoms with Gasteiger partial charge in [-0.05, 0) is 53.8 Å². The SMILES string of the molecule is CCNC(C)(CO)CCCCN(C)CCOC(C)C. The topological polar surface area (TPSA) is 44.7 Å². The van der Waals surface area contributed by atoms with E-state index in [1.807, 2.05) is 0 Å². The number of aliphatic hydroxyl groups excluding tert-OH is 1. The van der Waals surface area contributed by atoms with Gasteiger partial charge in [0.2, 0.25) is 0 Å². The molecule has 2 N–H and O–H groups in total. The molecule has 0 heterocycles. The molecule has 0 aliphatic heterocycles. The van der Waals surface area contributed by atoms with Crippen LogP contribution in [0.1, 0.15) is 47.0 Å². The third-order valence-corrected chi connectivity index (χ3v) is 3.40. The average Bonchev–Trinajstić information content (AvgIpc) is 2.34. The smallest absolute Gasteiger partial charge is 0.0610 e. The molecule has 19 heavy (non-hydrogen) atoms. The zero-order chi connectivity index (χ0) is 14.7. The van der Waals surface area contributed by atoms with Crippen LogP contribution in [-0.4, -0.2) is 61.5 Å². The van der Waals surface area contributed by atoms with Crippen LogP contribution < -0.4 is 5.32 Å². The lowest BCUT2D eigenvalue weighted by Crippen LogP contribution is -2.45. The average molecular weight is 274 g/mol. The Morgan fingerprint density at radius 2 is 1.95 bits per heavy atom. The van der Waals surface area contributed by atoms with Crippen molar-refractivity contribution >= 4 is 0 Å². The van der Waals surface area contributed by atoms with Crippen molar-refractivity contribution in [2.75, 3.05) is 39.9 Å². The highest BCUT2D eigenvalue weighted by Gasteiger charge is 2.20. The van der Waals surface area contributed by atoms with Gasteiger partial charge in [0.05, 0.1) is 19.3 Å². The van der Waals surface area contributed by atoms with Crippen molar-refractivity contribution in [1.29, 1.82) is 0 Å². The molecule has 0 radical (unpaired) electrons. The number of aliphatic hydroxyl groups is 1. The van der Waals surface area contributed by atoms with Gasteiger partial charge in [-0.3, -0.25) is 0 Å². The number of nitrogens with one attached hydrogen (secondary N) is 1. The Morgan fingerprint density at radius 3 is 2.47 bits per heavy atom. The molecule has 1 atom stereocenters. The number of hydrogen-bond donors (Lipinski definition) is 2. The van der Waals surface area contributed by atoms with Crippen LogP contribution in [-0.2, 0) is 4.74 Å². The highest BCUT2D eigenvalue weighted by Crippen LogP contribution is 2.13. The number of likely N-dealkylation sites (N-methyl/N-ethyl adjacent to an activating group) is 2. The van der Waals surface area contributed by atoms with Crippen molar-refractivity contribution < 1.29 is 9.84 Å². The van der Waals surface area contributed by atoms with E-state index in [0.29, 0.717) is 6.10 Å². The lowest BCUT2D eigenvalue weighted by Gasteiger charge is -2.28.